The topological polar surface area (TPSA) is 50.8 Å². The van der Waals surface area contributed by atoms with Crippen LogP contribution in [0.25, 0.3) is 0 Å². The van der Waals surface area contributed by atoms with Gasteiger partial charge in [-0.2, -0.15) is 0 Å². The minimum atomic E-state index is -0.304. The standard InChI is InChI=1S/C40H47FN2O3/c1-5-39(44)43(34-21-19-33(41)20-22-34)25-13-24-40(31-14-8-6-9-15-31,32-16-10-7-11-17-32)23-12-18-36-35-28-38(46-4)37(45-3)27-30(35)26-29(2)42-36/h6-11,14-17,19-22,27-29,36,42H,5,12-13,18,23-26H2,1-4H3. The third kappa shape index (κ3) is 7.45. The van der Waals surface area contributed by atoms with E-state index in [-0.39, 0.29) is 23.2 Å². The number of carbonyl (C=O) groups excluding carboxylic acids is 1. The average molecular weight is 623 g/mol. The summed E-state index contributed by atoms with van der Waals surface area (Å²) >= 11 is 0. The van der Waals surface area contributed by atoms with Crippen LogP contribution in [0.1, 0.15) is 80.7 Å². The molecule has 1 N–H and O–H groups in total. The van der Waals surface area contributed by atoms with Gasteiger partial charge in [-0.05, 0) is 97.7 Å². The monoisotopic (exact) mass is 622 g/mol. The van der Waals surface area contributed by atoms with E-state index in [2.05, 4.69) is 85.0 Å². The van der Waals surface area contributed by atoms with Crippen molar-refractivity contribution >= 4 is 11.6 Å². The Bertz CT molecular complexity index is 1520. The van der Waals surface area contributed by atoms with E-state index in [0.717, 1.165) is 55.7 Å². The highest BCUT2D eigenvalue weighted by Crippen LogP contribution is 2.43. The van der Waals surface area contributed by atoms with Gasteiger partial charge in [0, 0.05) is 36.2 Å². The van der Waals surface area contributed by atoms with Gasteiger partial charge in [0.25, 0.3) is 0 Å². The second-order valence-corrected chi connectivity index (χ2v) is 12.4. The Labute approximate surface area is 273 Å². The van der Waals surface area contributed by atoms with Gasteiger partial charge in [0.2, 0.25) is 5.91 Å². The molecule has 5 nitrogen and oxygen atoms in total. The average Bonchev–Trinajstić information content (AvgIpc) is 3.09. The zero-order valence-corrected chi connectivity index (χ0v) is 27.6. The maximum atomic E-state index is 13.7. The van der Waals surface area contributed by atoms with Crippen LogP contribution in [-0.2, 0) is 16.6 Å². The number of hydrogen-bond acceptors (Lipinski definition) is 4. The molecule has 0 bridgehead atoms. The zero-order valence-electron chi connectivity index (χ0n) is 27.6. The summed E-state index contributed by atoms with van der Waals surface area (Å²) in [5.41, 5.74) is 5.66. The van der Waals surface area contributed by atoms with E-state index in [1.54, 1.807) is 26.4 Å². The van der Waals surface area contributed by atoms with E-state index < -0.39 is 0 Å². The summed E-state index contributed by atoms with van der Waals surface area (Å²) in [7, 11) is 3.38. The van der Waals surface area contributed by atoms with Gasteiger partial charge in [0.15, 0.2) is 11.5 Å². The Balaban J connectivity index is 1.43. The number of anilines is 1. The molecule has 5 rings (SSSR count). The zero-order chi connectivity index (χ0) is 32.5. The Morgan fingerprint density at radius 1 is 0.870 bits per heavy atom. The first kappa shape index (κ1) is 33.2. The molecule has 0 spiro atoms. The van der Waals surface area contributed by atoms with Crippen molar-refractivity contribution in [2.75, 3.05) is 25.7 Å². The van der Waals surface area contributed by atoms with Crippen molar-refractivity contribution in [3.63, 3.8) is 0 Å². The Hall–Kier alpha value is -4.16. The van der Waals surface area contributed by atoms with E-state index in [1.165, 1.54) is 34.4 Å². The molecule has 0 saturated heterocycles. The van der Waals surface area contributed by atoms with Crippen LogP contribution < -0.4 is 19.7 Å². The molecule has 1 heterocycles. The first-order chi connectivity index (χ1) is 22.4. The summed E-state index contributed by atoms with van der Waals surface area (Å²) in [5.74, 6) is 1.28. The third-order valence-corrected chi connectivity index (χ3v) is 9.51. The third-order valence-electron chi connectivity index (χ3n) is 9.51. The number of benzene rings is 4. The molecule has 0 radical (unpaired) electrons. The molecule has 1 amide bonds. The molecule has 2 unspecified atom stereocenters. The molecular weight excluding hydrogens is 575 g/mol. The van der Waals surface area contributed by atoms with Crippen LogP contribution in [0.5, 0.6) is 11.5 Å². The quantitative estimate of drug-likeness (QED) is 0.153. The first-order valence-corrected chi connectivity index (χ1v) is 16.6. The lowest BCUT2D eigenvalue weighted by Gasteiger charge is -2.38. The van der Waals surface area contributed by atoms with Gasteiger partial charge in [-0.25, -0.2) is 4.39 Å². The molecule has 0 saturated carbocycles. The van der Waals surface area contributed by atoms with Crippen molar-refractivity contribution in [2.45, 2.75) is 76.3 Å². The number of nitrogens with one attached hydrogen (secondary N) is 1. The normalized spacial score (nSPS) is 16.0. The minimum Gasteiger partial charge on any atom is -0.493 e. The number of halogens is 1. The van der Waals surface area contributed by atoms with Crippen LogP contribution in [0, 0.1) is 5.82 Å². The van der Waals surface area contributed by atoms with Gasteiger partial charge in [-0.15, -0.1) is 0 Å². The second-order valence-electron chi connectivity index (χ2n) is 12.4. The van der Waals surface area contributed by atoms with Crippen molar-refractivity contribution in [3.05, 3.63) is 125 Å². The number of amides is 1. The van der Waals surface area contributed by atoms with Gasteiger partial charge in [0.1, 0.15) is 5.82 Å². The number of hydrogen-bond donors (Lipinski definition) is 1. The molecule has 2 atom stereocenters. The molecular formula is C40H47FN2O3. The fourth-order valence-corrected chi connectivity index (χ4v) is 7.24. The summed E-state index contributed by atoms with van der Waals surface area (Å²) < 4.78 is 25.0. The molecule has 1 aliphatic rings. The number of ether oxygens (including phenoxy) is 2. The van der Waals surface area contributed by atoms with Crippen molar-refractivity contribution in [1.82, 2.24) is 5.32 Å². The van der Waals surface area contributed by atoms with Crippen LogP contribution in [0.3, 0.4) is 0 Å². The lowest BCUT2D eigenvalue weighted by atomic mass is 9.68. The van der Waals surface area contributed by atoms with Gasteiger partial charge in [-0.1, -0.05) is 74.0 Å². The smallest absolute Gasteiger partial charge is 0.226 e. The summed E-state index contributed by atoms with van der Waals surface area (Å²) in [6.45, 7) is 4.69. The predicted octanol–water partition coefficient (Wildman–Crippen LogP) is 8.80. The molecule has 0 fully saturated rings. The van der Waals surface area contributed by atoms with Gasteiger partial charge < -0.3 is 19.7 Å². The fourth-order valence-electron chi connectivity index (χ4n) is 7.24. The number of methoxy groups -OCH3 is 2. The van der Waals surface area contributed by atoms with E-state index in [4.69, 9.17) is 9.47 Å². The van der Waals surface area contributed by atoms with E-state index >= 15 is 0 Å². The molecule has 46 heavy (non-hydrogen) atoms. The van der Waals surface area contributed by atoms with Crippen LogP contribution in [-0.4, -0.2) is 32.7 Å². The lowest BCUT2D eigenvalue weighted by molar-refractivity contribution is -0.118. The molecule has 242 valence electrons. The maximum absolute atomic E-state index is 13.7. The highest BCUT2D eigenvalue weighted by atomic mass is 19.1. The predicted molar refractivity (Wildman–Crippen MR) is 184 cm³/mol. The van der Waals surface area contributed by atoms with Gasteiger partial charge in [-0.3, -0.25) is 4.79 Å². The summed E-state index contributed by atoms with van der Waals surface area (Å²) in [6.07, 6.45) is 5.93. The van der Waals surface area contributed by atoms with Gasteiger partial charge in [0.05, 0.1) is 14.2 Å². The van der Waals surface area contributed by atoms with Gasteiger partial charge >= 0.3 is 0 Å². The Morgan fingerprint density at radius 2 is 1.46 bits per heavy atom. The lowest BCUT2D eigenvalue weighted by Crippen LogP contribution is -2.38. The molecule has 4 aromatic carbocycles. The largest absolute Gasteiger partial charge is 0.493 e. The summed E-state index contributed by atoms with van der Waals surface area (Å²) in [4.78, 5) is 14.9. The highest BCUT2D eigenvalue weighted by molar-refractivity contribution is 5.93. The second kappa shape index (κ2) is 15.4. The number of nitrogens with zero attached hydrogens (tertiary/aromatic N) is 1. The van der Waals surface area contributed by atoms with Crippen LogP contribution >= 0.6 is 0 Å². The fraction of sp³-hybridized carbons (Fsp3) is 0.375. The first-order valence-electron chi connectivity index (χ1n) is 16.6. The number of rotatable bonds is 14. The molecule has 6 heteroatoms. The summed E-state index contributed by atoms with van der Waals surface area (Å²) in [6, 6.07) is 32.7. The van der Waals surface area contributed by atoms with Crippen LogP contribution in [0.2, 0.25) is 0 Å². The Morgan fingerprint density at radius 3 is 2.04 bits per heavy atom. The number of carbonyl (C=O) groups is 1. The van der Waals surface area contributed by atoms with E-state index in [0.29, 0.717) is 19.0 Å². The van der Waals surface area contributed by atoms with Crippen LogP contribution in [0.4, 0.5) is 10.1 Å². The van der Waals surface area contributed by atoms with E-state index in [9.17, 15) is 9.18 Å². The van der Waals surface area contributed by atoms with Crippen molar-refractivity contribution < 1.29 is 18.7 Å². The van der Waals surface area contributed by atoms with Crippen molar-refractivity contribution in [1.29, 1.82) is 0 Å². The molecule has 4 aromatic rings. The molecule has 1 aliphatic heterocycles. The van der Waals surface area contributed by atoms with Crippen molar-refractivity contribution in [2.24, 2.45) is 0 Å². The number of fused-ring (bicyclic) bond motifs is 1. The maximum Gasteiger partial charge on any atom is 0.226 e. The molecule has 0 aliphatic carbocycles. The van der Waals surface area contributed by atoms with E-state index in [1.807, 2.05) is 11.8 Å². The SMILES string of the molecule is CCC(=O)N(CCCC(CCCC1NC(C)Cc2cc(OC)c(OC)cc21)(c1ccccc1)c1ccccc1)c1ccc(F)cc1. The minimum absolute atomic E-state index is 0.0415. The highest BCUT2D eigenvalue weighted by Gasteiger charge is 2.35. The molecule has 0 aromatic heterocycles. The Kier molecular flexibility index (Phi) is 11.1. The summed E-state index contributed by atoms with van der Waals surface area (Å²) in [5, 5.41) is 3.86. The van der Waals surface area contributed by atoms with Crippen LogP contribution in [0.15, 0.2) is 97.1 Å². The van der Waals surface area contributed by atoms with Crippen molar-refractivity contribution in [3.8, 4) is 11.5 Å².